The Labute approximate surface area is 142 Å². The molecule has 5 nitrogen and oxygen atoms in total. The molecule has 1 amide bonds. The number of rotatable bonds is 3. The first-order valence-corrected chi connectivity index (χ1v) is 7.63. The Balaban J connectivity index is 0.00000192. The van der Waals surface area contributed by atoms with Crippen molar-refractivity contribution < 1.29 is 4.79 Å². The van der Waals surface area contributed by atoms with Crippen LogP contribution in [0.5, 0.6) is 0 Å². The smallest absolute Gasteiger partial charge is 0.257 e. The highest BCUT2D eigenvalue weighted by molar-refractivity contribution is 5.95. The van der Waals surface area contributed by atoms with Gasteiger partial charge in [0.05, 0.1) is 23.1 Å². The van der Waals surface area contributed by atoms with Crippen LogP contribution in [0.2, 0.25) is 0 Å². The molecule has 1 aromatic carbocycles. The second-order valence-corrected chi connectivity index (χ2v) is 6.38. The molecular formula is C17H23ClN4O. The van der Waals surface area contributed by atoms with E-state index < -0.39 is 0 Å². The lowest BCUT2D eigenvalue weighted by molar-refractivity contribution is 0.0776. The predicted molar refractivity (Wildman–Crippen MR) is 93.2 cm³/mol. The van der Waals surface area contributed by atoms with Gasteiger partial charge in [0.25, 0.3) is 5.91 Å². The second-order valence-electron chi connectivity index (χ2n) is 6.38. The van der Waals surface area contributed by atoms with Crippen LogP contribution in [0.15, 0.2) is 36.5 Å². The van der Waals surface area contributed by atoms with Crippen molar-refractivity contribution in [2.24, 2.45) is 11.1 Å². The van der Waals surface area contributed by atoms with Crippen LogP contribution >= 0.6 is 12.4 Å². The van der Waals surface area contributed by atoms with Crippen molar-refractivity contribution >= 4 is 18.3 Å². The fourth-order valence-electron chi connectivity index (χ4n) is 2.98. The number of carbonyl (C=O) groups excluding carboxylic acids is 1. The van der Waals surface area contributed by atoms with Crippen molar-refractivity contribution in [1.29, 1.82) is 0 Å². The number of likely N-dealkylation sites (tertiary alicyclic amines) is 1. The summed E-state index contributed by atoms with van der Waals surface area (Å²) in [4.78, 5) is 14.6. The van der Waals surface area contributed by atoms with E-state index in [1.165, 1.54) is 0 Å². The molecule has 1 aromatic heterocycles. The number of benzene rings is 1. The van der Waals surface area contributed by atoms with Crippen LogP contribution in [0.1, 0.15) is 29.4 Å². The van der Waals surface area contributed by atoms with Crippen LogP contribution in [0.3, 0.4) is 0 Å². The van der Waals surface area contributed by atoms with E-state index in [9.17, 15) is 4.79 Å². The largest absolute Gasteiger partial charge is 0.338 e. The van der Waals surface area contributed by atoms with Gasteiger partial charge in [-0.25, -0.2) is 4.68 Å². The molecule has 0 aliphatic carbocycles. The SMILES string of the molecule is Cc1c(C(=O)N2CCC(C)(CN)C2)cnn1-c1ccccc1.Cl. The van der Waals surface area contributed by atoms with Crippen LogP contribution < -0.4 is 5.73 Å². The molecule has 1 fully saturated rings. The third-order valence-electron chi connectivity index (χ3n) is 4.58. The standard InChI is InChI=1S/C17H22N4O.ClH/c1-13-15(10-19-21(13)14-6-4-3-5-7-14)16(22)20-9-8-17(2,11-18)12-20;/h3-7,10H,8-9,11-12,18H2,1-2H3;1H. The Hall–Kier alpha value is -1.85. The minimum absolute atomic E-state index is 0. The summed E-state index contributed by atoms with van der Waals surface area (Å²) in [6.07, 6.45) is 2.63. The first-order chi connectivity index (χ1) is 10.5. The second kappa shape index (κ2) is 6.72. The van der Waals surface area contributed by atoms with Crippen LogP contribution in [0, 0.1) is 12.3 Å². The molecule has 23 heavy (non-hydrogen) atoms. The van der Waals surface area contributed by atoms with Gasteiger partial charge in [0.15, 0.2) is 0 Å². The summed E-state index contributed by atoms with van der Waals surface area (Å²) < 4.78 is 1.81. The van der Waals surface area contributed by atoms with E-state index in [0.29, 0.717) is 12.1 Å². The van der Waals surface area contributed by atoms with Gasteiger partial charge in [-0.2, -0.15) is 5.10 Å². The number of nitrogens with zero attached hydrogens (tertiary/aromatic N) is 3. The maximum absolute atomic E-state index is 12.7. The van der Waals surface area contributed by atoms with Crippen molar-refractivity contribution in [3.05, 3.63) is 47.8 Å². The summed E-state index contributed by atoms with van der Waals surface area (Å²) in [5.41, 5.74) is 8.37. The molecule has 1 aliphatic heterocycles. The zero-order chi connectivity index (χ0) is 15.7. The van der Waals surface area contributed by atoms with Gasteiger partial charge in [0, 0.05) is 13.1 Å². The number of amides is 1. The van der Waals surface area contributed by atoms with Gasteiger partial charge in [0.2, 0.25) is 0 Å². The molecule has 1 saturated heterocycles. The molecule has 0 radical (unpaired) electrons. The minimum Gasteiger partial charge on any atom is -0.338 e. The highest BCUT2D eigenvalue weighted by Crippen LogP contribution is 2.30. The molecule has 124 valence electrons. The van der Waals surface area contributed by atoms with E-state index in [0.717, 1.165) is 30.9 Å². The zero-order valence-electron chi connectivity index (χ0n) is 13.5. The highest BCUT2D eigenvalue weighted by atomic mass is 35.5. The summed E-state index contributed by atoms with van der Waals surface area (Å²) in [6.45, 7) is 6.17. The van der Waals surface area contributed by atoms with Gasteiger partial charge in [-0.1, -0.05) is 25.1 Å². The van der Waals surface area contributed by atoms with E-state index in [4.69, 9.17) is 5.73 Å². The predicted octanol–water partition coefficient (Wildman–Crippen LogP) is 2.41. The van der Waals surface area contributed by atoms with E-state index >= 15 is 0 Å². The molecule has 2 aromatic rings. The van der Waals surface area contributed by atoms with Crippen molar-refractivity contribution in [2.45, 2.75) is 20.3 Å². The highest BCUT2D eigenvalue weighted by Gasteiger charge is 2.36. The number of aromatic nitrogens is 2. The number of para-hydroxylation sites is 1. The molecular weight excluding hydrogens is 312 g/mol. The average molecular weight is 335 g/mol. The Morgan fingerprint density at radius 1 is 1.35 bits per heavy atom. The number of halogens is 1. The topological polar surface area (TPSA) is 64.2 Å². The van der Waals surface area contributed by atoms with E-state index in [-0.39, 0.29) is 23.7 Å². The van der Waals surface area contributed by atoms with Crippen molar-refractivity contribution in [1.82, 2.24) is 14.7 Å². The fourth-order valence-corrected chi connectivity index (χ4v) is 2.98. The van der Waals surface area contributed by atoms with Crippen LogP contribution in [-0.4, -0.2) is 40.2 Å². The van der Waals surface area contributed by atoms with Gasteiger partial charge in [-0.15, -0.1) is 12.4 Å². The lowest BCUT2D eigenvalue weighted by atomic mass is 9.90. The lowest BCUT2D eigenvalue weighted by Crippen LogP contribution is -2.34. The molecule has 2 N–H and O–H groups in total. The number of hydrogen-bond acceptors (Lipinski definition) is 3. The first kappa shape index (κ1) is 17.5. The lowest BCUT2D eigenvalue weighted by Gasteiger charge is -2.22. The number of nitrogens with two attached hydrogens (primary N) is 1. The third-order valence-corrected chi connectivity index (χ3v) is 4.58. The Morgan fingerprint density at radius 3 is 2.65 bits per heavy atom. The monoisotopic (exact) mass is 334 g/mol. The maximum Gasteiger partial charge on any atom is 0.257 e. The first-order valence-electron chi connectivity index (χ1n) is 7.63. The zero-order valence-corrected chi connectivity index (χ0v) is 14.3. The minimum atomic E-state index is 0. The van der Waals surface area contributed by atoms with Gasteiger partial charge < -0.3 is 10.6 Å². The van der Waals surface area contributed by atoms with E-state index in [1.807, 2.05) is 46.8 Å². The van der Waals surface area contributed by atoms with E-state index in [1.54, 1.807) is 6.20 Å². The summed E-state index contributed by atoms with van der Waals surface area (Å²) >= 11 is 0. The maximum atomic E-state index is 12.7. The van der Waals surface area contributed by atoms with Crippen LogP contribution in [0.25, 0.3) is 5.69 Å². The number of carbonyl (C=O) groups is 1. The summed E-state index contributed by atoms with van der Waals surface area (Å²) in [6, 6.07) is 9.85. The van der Waals surface area contributed by atoms with Crippen molar-refractivity contribution in [2.75, 3.05) is 19.6 Å². The fraction of sp³-hybridized carbons (Fsp3) is 0.412. The molecule has 6 heteroatoms. The summed E-state index contributed by atoms with van der Waals surface area (Å²) in [5, 5.41) is 4.38. The van der Waals surface area contributed by atoms with Gasteiger partial charge >= 0.3 is 0 Å². The average Bonchev–Trinajstić information content (AvgIpc) is 3.12. The normalized spacial score (nSPS) is 20.4. The van der Waals surface area contributed by atoms with Crippen LogP contribution in [0.4, 0.5) is 0 Å². The van der Waals surface area contributed by atoms with Gasteiger partial charge in [0.1, 0.15) is 0 Å². The molecule has 1 atom stereocenters. The molecule has 1 unspecified atom stereocenters. The molecule has 0 bridgehead atoms. The van der Waals surface area contributed by atoms with Crippen LogP contribution in [-0.2, 0) is 0 Å². The van der Waals surface area contributed by atoms with Crippen molar-refractivity contribution in [3.8, 4) is 5.69 Å². The van der Waals surface area contributed by atoms with Gasteiger partial charge in [-0.05, 0) is 37.4 Å². The molecule has 2 heterocycles. The molecule has 0 saturated carbocycles. The van der Waals surface area contributed by atoms with E-state index in [2.05, 4.69) is 12.0 Å². The summed E-state index contributed by atoms with van der Waals surface area (Å²) in [5.74, 6) is 0.0526. The number of hydrogen-bond donors (Lipinski definition) is 1. The Kier molecular flexibility index (Phi) is 5.12. The quantitative estimate of drug-likeness (QED) is 0.937. The van der Waals surface area contributed by atoms with Gasteiger partial charge in [-0.3, -0.25) is 4.79 Å². The summed E-state index contributed by atoms with van der Waals surface area (Å²) in [7, 11) is 0. The molecule has 0 spiro atoms. The molecule has 3 rings (SSSR count). The Morgan fingerprint density at radius 2 is 2.04 bits per heavy atom. The van der Waals surface area contributed by atoms with Crippen molar-refractivity contribution in [3.63, 3.8) is 0 Å². The molecule has 1 aliphatic rings. The Bertz CT molecular complexity index is 685. The third kappa shape index (κ3) is 3.26.